The predicted octanol–water partition coefficient (Wildman–Crippen LogP) is 1.79. The van der Waals surface area contributed by atoms with Crippen LogP contribution in [0.1, 0.15) is 5.56 Å². The molecule has 0 bridgehead atoms. The molecule has 0 radical (unpaired) electrons. The normalized spacial score (nSPS) is 9.31. The second-order valence-electron chi connectivity index (χ2n) is 2.07. The van der Waals surface area contributed by atoms with E-state index >= 15 is 0 Å². The van der Waals surface area contributed by atoms with Gasteiger partial charge in [0.1, 0.15) is 0 Å². The highest BCUT2D eigenvalue weighted by Crippen LogP contribution is 1.90. The second kappa shape index (κ2) is 6.21. The van der Waals surface area contributed by atoms with Gasteiger partial charge in [-0.1, -0.05) is 11.2 Å². The van der Waals surface area contributed by atoms with Crippen molar-refractivity contribution >= 4 is 22.1 Å². The van der Waals surface area contributed by atoms with E-state index in [1.807, 2.05) is 12.1 Å². The summed E-state index contributed by atoms with van der Waals surface area (Å²) in [6, 6.07) is 3.72. The van der Waals surface area contributed by atoms with Crippen LogP contribution in [0.5, 0.6) is 0 Å². The first-order valence-corrected chi connectivity index (χ1v) is 4.36. The van der Waals surface area contributed by atoms with E-state index in [-0.39, 0.29) is 6.61 Å². The molecule has 0 aliphatic heterocycles. The number of hydrogen-bond donors (Lipinski definition) is 0. The van der Waals surface area contributed by atoms with Crippen LogP contribution in [0.15, 0.2) is 29.7 Å². The van der Waals surface area contributed by atoms with Gasteiger partial charge in [0, 0.05) is 33.9 Å². The number of nitrogens with zero attached hydrogens (tertiary/aromatic N) is 2. The zero-order valence-electron chi connectivity index (χ0n) is 6.77. The van der Waals surface area contributed by atoms with E-state index in [2.05, 4.69) is 36.8 Å². The summed E-state index contributed by atoms with van der Waals surface area (Å²) in [6.45, 7) is 0.280. The lowest BCUT2D eigenvalue weighted by Crippen LogP contribution is -1.85. The fourth-order valence-electron chi connectivity index (χ4n) is 0.647. The van der Waals surface area contributed by atoms with Crippen LogP contribution < -0.4 is 0 Å². The van der Waals surface area contributed by atoms with Crippen molar-refractivity contribution in [1.29, 1.82) is 0 Å². The molecule has 0 amide bonds. The minimum absolute atomic E-state index is 0.280. The smallest absolute Gasteiger partial charge is 0.178 e. The molecule has 1 aromatic heterocycles. The minimum atomic E-state index is 0.280. The van der Waals surface area contributed by atoms with Gasteiger partial charge in [0.2, 0.25) is 0 Å². The first-order chi connectivity index (χ1) is 6.43. The van der Waals surface area contributed by atoms with Crippen LogP contribution in [0.3, 0.4) is 0 Å². The zero-order chi connectivity index (χ0) is 9.36. The van der Waals surface area contributed by atoms with E-state index in [1.54, 1.807) is 18.6 Å². The number of hydrogen-bond acceptors (Lipinski definition) is 3. The van der Waals surface area contributed by atoms with Crippen LogP contribution >= 0.6 is 15.9 Å². The van der Waals surface area contributed by atoms with Crippen molar-refractivity contribution in [2.24, 2.45) is 5.16 Å². The Kier molecular flexibility index (Phi) is 4.65. The summed E-state index contributed by atoms with van der Waals surface area (Å²) in [5.74, 6) is 2.65. The third-order valence-corrected chi connectivity index (χ3v) is 1.44. The Bertz CT molecular complexity index is 326. The lowest BCUT2D eigenvalue weighted by atomic mass is 10.3. The SMILES string of the molecule is BrC#CCO/N=C/c1cccnc1. The standard InChI is InChI=1S/C9H7BrN2O/c10-4-2-6-13-12-8-9-3-1-5-11-7-9/h1,3,5,7-8H,6H2/b12-8+. The van der Waals surface area contributed by atoms with Crippen molar-refractivity contribution in [2.75, 3.05) is 6.61 Å². The Morgan fingerprint density at radius 1 is 1.69 bits per heavy atom. The molecule has 66 valence electrons. The first kappa shape index (κ1) is 9.75. The molecule has 0 fully saturated rings. The number of aromatic nitrogens is 1. The van der Waals surface area contributed by atoms with Crippen molar-refractivity contribution in [3.05, 3.63) is 30.1 Å². The number of oxime groups is 1. The van der Waals surface area contributed by atoms with Crippen LogP contribution in [-0.2, 0) is 4.84 Å². The topological polar surface area (TPSA) is 34.5 Å². The minimum Gasteiger partial charge on any atom is -0.383 e. The highest BCUT2D eigenvalue weighted by atomic mass is 79.9. The van der Waals surface area contributed by atoms with Gasteiger partial charge in [-0.25, -0.2) is 0 Å². The van der Waals surface area contributed by atoms with Gasteiger partial charge >= 0.3 is 0 Å². The molecule has 0 atom stereocenters. The summed E-state index contributed by atoms with van der Waals surface area (Å²) >= 11 is 2.94. The van der Waals surface area contributed by atoms with Crippen molar-refractivity contribution in [3.8, 4) is 10.8 Å². The zero-order valence-corrected chi connectivity index (χ0v) is 8.36. The van der Waals surface area contributed by atoms with Crippen molar-refractivity contribution < 1.29 is 4.84 Å². The average molecular weight is 239 g/mol. The third-order valence-electron chi connectivity index (χ3n) is 1.16. The van der Waals surface area contributed by atoms with E-state index in [9.17, 15) is 0 Å². The Balaban J connectivity index is 2.35. The van der Waals surface area contributed by atoms with E-state index in [4.69, 9.17) is 4.84 Å². The lowest BCUT2D eigenvalue weighted by molar-refractivity contribution is 0.181. The van der Waals surface area contributed by atoms with E-state index < -0.39 is 0 Å². The van der Waals surface area contributed by atoms with Crippen LogP contribution in [0.2, 0.25) is 0 Å². The Morgan fingerprint density at radius 2 is 2.62 bits per heavy atom. The molecule has 1 aromatic rings. The second-order valence-corrected chi connectivity index (χ2v) is 2.46. The molecule has 13 heavy (non-hydrogen) atoms. The first-order valence-electron chi connectivity index (χ1n) is 3.57. The van der Waals surface area contributed by atoms with Crippen LogP contribution in [0.4, 0.5) is 0 Å². The van der Waals surface area contributed by atoms with E-state index in [1.165, 1.54) is 0 Å². The molecule has 0 aliphatic carbocycles. The quantitative estimate of drug-likeness (QED) is 0.349. The summed E-state index contributed by atoms with van der Waals surface area (Å²) < 4.78 is 0. The van der Waals surface area contributed by atoms with Gasteiger partial charge in [-0.05, 0) is 16.8 Å². The third kappa shape index (κ3) is 4.28. The summed E-state index contributed by atoms with van der Waals surface area (Å²) in [6.07, 6.45) is 4.99. The molecule has 0 saturated heterocycles. The lowest BCUT2D eigenvalue weighted by Gasteiger charge is -1.90. The van der Waals surface area contributed by atoms with Crippen molar-refractivity contribution in [1.82, 2.24) is 4.98 Å². The fraction of sp³-hybridized carbons (Fsp3) is 0.111. The van der Waals surface area contributed by atoms with E-state index in [0.717, 1.165) is 5.56 Å². The van der Waals surface area contributed by atoms with Gasteiger partial charge in [-0.2, -0.15) is 0 Å². The maximum atomic E-state index is 4.82. The average Bonchev–Trinajstić information content (AvgIpc) is 2.19. The Hall–Kier alpha value is -1.34. The molecule has 0 N–H and O–H groups in total. The summed E-state index contributed by atoms with van der Waals surface area (Å²) in [4.78, 5) is 11.3. The molecule has 1 rings (SSSR count). The fourth-order valence-corrected chi connectivity index (χ4v) is 0.762. The van der Waals surface area contributed by atoms with Gasteiger partial charge in [0.25, 0.3) is 0 Å². The molecule has 0 spiro atoms. The largest absolute Gasteiger partial charge is 0.383 e. The maximum Gasteiger partial charge on any atom is 0.178 e. The Labute approximate surface area is 84.9 Å². The van der Waals surface area contributed by atoms with Gasteiger partial charge < -0.3 is 4.84 Å². The van der Waals surface area contributed by atoms with Gasteiger partial charge in [0.05, 0.1) is 6.21 Å². The van der Waals surface area contributed by atoms with Gasteiger partial charge in [-0.3, -0.25) is 4.98 Å². The molecular formula is C9H7BrN2O. The monoisotopic (exact) mass is 238 g/mol. The van der Waals surface area contributed by atoms with Crippen LogP contribution in [0, 0.1) is 10.8 Å². The summed E-state index contributed by atoms with van der Waals surface area (Å²) in [5.41, 5.74) is 0.898. The number of rotatable bonds is 3. The molecule has 4 heteroatoms. The highest BCUT2D eigenvalue weighted by molar-refractivity contribution is 9.12. The van der Waals surface area contributed by atoms with Crippen LogP contribution in [0.25, 0.3) is 0 Å². The van der Waals surface area contributed by atoms with Crippen LogP contribution in [-0.4, -0.2) is 17.8 Å². The molecule has 0 aromatic carbocycles. The molecule has 3 nitrogen and oxygen atoms in total. The maximum absolute atomic E-state index is 4.82. The van der Waals surface area contributed by atoms with Gasteiger partial charge in [-0.15, -0.1) is 0 Å². The molecule has 0 unspecified atom stereocenters. The molecule has 0 aliphatic rings. The summed E-state index contributed by atoms with van der Waals surface area (Å²) in [5, 5.41) is 3.69. The number of halogens is 1. The van der Waals surface area contributed by atoms with Crippen molar-refractivity contribution in [3.63, 3.8) is 0 Å². The van der Waals surface area contributed by atoms with E-state index in [0.29, 0.717) is 0 Å². The molecule has 0 saturated carbocycles. The highest BCUT2D eigenvalue weighted by Gasteiger charge is 1.83. The molecular weight excluding hydrogens is 232 g/mol. The Morgan fingerprint density at radius 3 is 3.31 bits per heavy atom. The summed E-state index contributed by atoms with van der Waals surface area (Å²) in [7, 11) is 0. The molecule has 1 heterocycles. The number of pyridine rings is 1. The predicted molar refractivity (Wildman–Crippen MR) is 54.5 cm³/mol. The van der Waals surface area contributed by atoms with Gasteiger partial charge in [0.15, 0.2) is 6.61 Å². The van der Waals surface area contributed by atoms with Crippen molar-refractivity contribution in [2.45, 2.75) is 0 Å².